The third kappa shape index (κ3) is 2.64. The normalized spacial score (nSPS) is 10.6. The third-order valence-electron chi connectivity index (χ3n) is 3.05. The zero-order valence-corrected chi connectivity index (χ0v) is 13.5. The number of carbonyl (C=O) groups is 1. The van der Waals surface area contributed by atoms with Gasteiger partial charge in [0.05, 0.1) is 18.5 Å². The van der Waals surface area contributed by atoms with Gasteiger partial charge in [-0.3, -0.25) is 9.36 Å². The Morgan fingerprint density at radius 2 is 2.24 bits per heavy atom. The minimum atomic E-state index is 0.588. The second-order valence-electron chi connectivity index (χ2n) is 4.28. The number of hydrogen-bond acceptors (Lipinski definition) is 4. The lowest BCUT2D eigenvalue weighted by molar-refractivity contribution is 0.111. The molecule has 2 aromatic heterocycles. The van der Waals surface area contributed by atoms with Crippen LogP contribution in [0.2, 0.25) is 0 Å². The summed E-state index contributed by atoms with van der Waals surface area (Å²) >= 11 is 5.02. The first-order chi connectivity index (χ1) is 10.2. The molecule has 106 valence electrons. The van der Waals surface area contributed by atoms with Gasteiger partial charge in [-0.15, -0.1) is 11.3 Å². The molecule has 3 rings (SSSR count). The van der Waals surface area contributed by atoms with E-state index in [1.807, 2.05) is 35.8 Å². The molecule has 4 nitrogen and oxygen atoms in total. The molecule has 3 aromatic rings. The summed E-state index contributed by atoms with van der Waals surface area (Å²) in [5, 5.41) is 2.73. The number of halogens is 1. The Hall–Kier alpha value is -1.92. The van der Waals surface area contributed by atoms with Crippen molar-refractivity contribution in [3.8, 4) is 22.1 Å². The first kappa shape index (κ1) is 14.0. The summed E-state index contributed by atoms with van der Waals surface area (Å²) in [4.78, 5) is 15.6. The summed E-state index contributed by atoms with van der Waals surface area (Å²) in [7, 11) is 1.63. The van der Waals surface area contributed by atoms with E-state index in [0.29, 0.717) is 5.69 Å². The van der Waals surface area contributed by atoms with Gasteiger partial charge in [0, 0.05) is 21.6 Å². The van der Waals surface area contributed by atoms with E-state index >= 15 is 0 Å². The van der Waals surface area contributed by atoms with Gasteiger partial charge >= 0.3 is 0 Å². The fraction of sp³-hybridized carbons (Fsp3) is 0.0667. The fourth-order valence-corrected chi connectivity index (χ4v) is 3.38. The van der Waals surface area contributed by atoms with Crippen molar-refractivity contribution >= 4 is 33.6 Å². The molecular formula is C15H11BrN2O2S. The maximum absolute atomic E-state index is 11.0. The van der Waals surface area contributed by atoms with E-state index in [-0.39, 0.29) is 0 Å². The minimum Gasteiger partial charge on any atom is -0.497 e. The van der Waals surface area contributed by atoms with Crippen molar-refractivity contribution in [2.45, 2.75) is 0 Å². The van der Waals surface area contributed by atoms with Crippen LogP contribution in [0.25, 0.3) is 16.4 Å². The Bertz CT molecular complexity index is 795. The monoisotopic (exact) mass is 362 g/mol. The largest absolute Gasteiger partial charge is 0.497 e. The zero-order chi connectivity index (χ0) is 14.8. The second-order valence-corrected chi connectivity index (χ2v) is 5.97. The first-order valence-electron chi connectivity index (χ1n) is 6.15. The molecule has 0 bridgehead atoms. The fourth-order valence-electron chi connectivity index (χ4n) is 1.99. The molecule has 2 heterocycles. The molecule has 0 saturated carbocycles. The summed E-state index contributed by atoms with van der Waals surface area (Å²) in [5.41, 5.74) is 2.43. The summed E-state index contributed by atoms with van der Waals surface area (Å²) < 4.78 is 7.88. The second kappa shape index (κ2) is 5.83. The standard InChI is InChI=1S/C15H11BrN2O2S/c1-20-11-4-5-12(13(16)7-11)14-9-21-15(17-14)18-6-2-3-10(18)8-19/h2-9H,1H3. The van der Waals surface area contributed by atoms with Crippen molar-refractivity contribution in [1.29, 1.82) is 0 Å². The van der Waals surface area contributed by atoms with E-state index in [0.717, 1.165) is 32.9 Å². The van der Waals surface area contributed by atoms with Crippen LogP contribution in [0.15, 0.2) is 46.4 Å². The number of thiazole rings is 1. The van der Waals surface area contributed by atoms with Gasteiger partial charge in [0.15, 0.2) is 11.4 Å². The minimum absolute atomic E-state index is 0.588. The van der Waals surface area contributed by atoms with Crippen molar-refractivity contribution < 1.29 is 9.53 Å². The Morgan fingerprint density at radius 3 is 2.95 bits per heavy atom. The lowest BCUT2D eigenvalue weighted by atomic mass is 10.2. The molecule has 0 aliphatic rings. The van der Waals surface area contributed by atoms with Crippen LogP contribution in [0.3, 0.4) is 0 Å². The van der Waals surface area contributed by atoms with Crippen LogP contribution < -0.4 is 4.74 Å². The van der Waals surface area contributed by atoms with Gasteiger partial charge in [0.2, 0.25) is 0 Å². The molecule has 0 aliphatic carbocycles. The Balaban J connectivity index is 2.01. The van der Waals surface area contributed by atoms with Crippen LogP contribution in [-0.2, 0) is 0 Å². The highest BCUT2D eigenvalue weighted by atomic mass is 79.9. The number of aromatic nitrogens is 2. The van der Waals surface area contributed by atoms with Crippen molar-refractivity contribution in [1.82, 2.24) is 9.55 Å². The summed E-state index contributed by atoms with van der Waals surface area (Å²) in [6, 6.07) is 9.34. The van der Waals surface area contributed by atoms with Gasteiger partial charge in [-0.05, 0) is 46.3 Å². The number of nitrogens with zero attached hydrogens (tertiary/aromatic N) is 2. The highest BCUT2D eigenvalue weighted by molar-refractivity contribution is 9.10. The van der Waals surface area contributed by atoms with Crippen LogP contribution >= 0.6 is 27.3 Å². The zero-order valence-electron chi connectivity index (χ0n) is 11.1. The van der Waals surface area contributed by atoms with Gasteiger partial charge < -0.3 is 4.74 Å². The average molecular weight is 363 g/mol. The molecule has 0 amide bonds. The predicted octanol–water partition coefficient (Wildman–Crippen LogP) is 4.18. The van der Waals surface area contributed by atoms with Crippen LogP contribution in [-0.4, -0.2) is 22.9 Å². The van der Waals surface area contributed by atoms with E-state index in [9.17, 15) is 4.79 Å². The molecular weight excluding hydrogens is 352 g/mol. The molecule has 0 atom stereocenters. The maximum Gasteiger partial charge on any atom is 0.194 e. The SMILES string of the molecule is COc1ccc(-c2csc(-n3cccc3C=O)n2)c(Br)c1. The van der Waals surface area contributed by atoms with Crippen molar-refractivity contribution in [3.05, 3.63) is 52.1 Å². The smallest absolute Gasteiger partial charge is 0.194 e. The molecule has 0 unspecified atom stereocenters. The average Bonchev–Trinajstić information content (AvgIpc) is 3.15. The van der Waals surface area contributed by atoms with E-state index in [4.69, 9.17) is 4.74 Å². The maximum atomic E-state index is 11.0. The molecule has 0 radical (unpaired) electrons. The lowest BCUT2D eigenvalue weighted by Gasteiger charge is -2.04. The van der Waals surface area contributed by atoms with Crippen molar-refractivity contribution in [2.75, 3.05) is 7.11 Å². The van der Waals surface area contributed by atoms with Gasteiger partial charge in [0.25, 0.3) is 0 Å². The molecule has 0 N–H and O–H groups in total. The molecule has 0 spiro atoms. The van der Waals surface area contributed by atoms with Crippen molar-refractivity contribution in [3.63, 3.8) is 0 Å². The molecule has 1 aromatic carbocycles. The lowest BCUT2D eigenvalue weighted by Crippen LogP contribution is -1.96. The van der Waals surface area contributed by atoms with Crippen LogP contribution in [0.4, 0.5) is 0 Å². The number of ether oxygens (including phenoxy) is 1. The highest BCUT2D eigenvalue weighted by Crippen LogP contribution is 2.33. The van der Waals surface area contributed by atoms with E-state index < -0.39 is 0 Å². The van der Waals surface area contributed by atoms with E-state index in [2.05, 4.69) is 20.9 Å². The van der Waals surface area contributed by atoms with Crippen LogP contribution in [0.1, 0.15) is 10.5 Å². The Kier molecular flexibility index (Phi) is 3.90. The topological polar surface area (TPSA) is 44.1 Å². The summed E-state index contributed by atoms with van der Waals surface area (Å²) in [6.07, 6.45) is 2.65. The summed E-state index contributed by atoms with van der Waals surface area (Å²) in [5.74, 6) is 0.787. The van der Waals surface area contributed by atoms with Crippen molar-refractivity contribution in [2.24, 2.45) is 0 Å². The highest BCUT2D eigenvalue weighted by Gasteiger charge is 2.11. The van der Waals surface area contributed by atoms with Gasteiger partial charge in [-0.25, -0.2) is 4.98 Å². The summed E-state index contributed by atoms with van der Waals surface area (Å²) in [6.45, 7) is 0. The predicted molar refractivity (Wildman–Crippen MR) is 86.5 cm³/mol. The molecule has 6 heteroatoms. The van der Waals surface area contributed by atoms with Gasteiger partial charge in [0.1, 0.15) is 5.75 Å². The van der Waals surface area contributed by atoms with Gasteiger partial charge in [-0.2, -0.15) is 0 Å². The van der Waals surface area contributed by atoms with Crippen LogP contribution in [0.5, 0.6) is 5.75 Å². The number of carbonyl (C=O) groups excluding carboxylic acids is 1. The number of rotatable bonds is 4. The number of benzene rings is 1. The molecule has 21 heavy (non-hydrogen) atoms. The third-order valence-corrected chi connectivity index (χ3v) is 4.55. The number of aldehydes is 1. The molecule has 0 aliphatic heterocycles. The number of methoxy groups -OCH3 is 1. The Labute approximate surface area is 134 Å². The van der Waals surface area contributed by atoms with Gasteiger partial charge in [-0.1, -0.05) is 0 Å². The first-order valence-corrected chi connectivity index (χ1v) is 7.82. The Morgan fingerprint density at radius 1 is 1.38 bits per heavy atom. The quantitative estimate of drug-likeness (QED) is 0.653. The molecule has 0 fully saturated rings. The van der Waals surface area contributed by atoms with E-state index in [1.54, 1.807) is 17.7 Å². The van der Waals surface area contributed by atoms with Crippen LogP contribution in [0, 0.1) is 0 Å². The molecule has 0 saturated heterocycles. The van der Waals surface area contributed by atoms with E-state index in [1.165, 1.54) is 11.3 Å². The number of hydrogen-bond donors (Lipinski definition) is 0.